The summed E-state index contributed by atoms with van der Waals surface area (Å²) < 4.78 is 9.86. The maximum absolute atomic E-state index is 12.6. The molecule has 0 fully saturated rings. The summed E-state index contributed by atoms with van der Waals surface area (Å²) in [5.74, 6) is -1.82. The zero-order chi connectivity index (χ0) is 23.5. The van der Waals surface area contributed by atoms with Gasteiger partial charge < -0.3 is 20.1 Å². The molecular weight excluding hydrogens is 412 g/mol. The number of carbonyl (C=O) groups is 4. The molecule has 2 aromatic rings. The minimum Gasteiger partial charge on any atom is -0.466 e. The van der Waals surface area contributed by atoms with E-state index < -0.39 is 23.9 Å². The van der Waals surface area contributed by atoms with Crippen LogP contribution in [-0.4, -0.2) is 43.0 Å². The topological polar surface area (TPSA) is 111 Å². The van der Waals surface area contributed by atoms with Crippen LogP contribution in [0.5, 0.6) is 0 Å². The molecule has 170 valence electrons. The number of ether oxygens (including phenoxy) is 2. The number of esters is 2. The Bertz CT molecular complexity index is 955. The van der Waals surface area contributed by atoms with Crippen molar-refractivity contribution in [3.8, 4) is 0 Å². The van der Waals surface area contributed by atoms with Crippen molar-refractivity contribution >= 4 is 29.4 Å². The van der Waals surface area contributed by atoms with Gasteiger partial charge in [-0.2, -0.15) is 0 Å². The Kier molecular flexibility index (Phi) is 9.41. The van der Waals surface area contributed by atoms with Crippen LogP contribution in [0.15, 0.2) is 48.5 Å². The van der Waals surface area contributed by atoms with Crippen LogP contribution in [0.3, 0.4) is 0 Å². The summed E-state index contributed by atoms with van der Waals surface area (Å²) >= 11 is 0. The molecule has 2 rings (SSSR count). The lowest BCUT2D eigenvalue weighted by atomic mass is 10.1. The van der Waals surface area contributed by atoms with Gasteiger partial charge in [-0.25, -0.2) is 4.79 Å². The number of nitrogens with one attached hydrogen (secondary N) is 2. The first-order chi connectivity index (χ1) is 15.3. The quantitative estimate of drug-likeness (QED) is 0.549. The predicted octanol–water partition coefficient (Wildman–Crippen LogP) is 3.25. The maximum Gasteiger partial charge on any atom is 0.328 e. The first kappa shape index (κ1) is 24.6. The van der Waals surface area contributed by atoms with E-state index in [1.165, 1.54) is 12.1 Å². The highest BCUT2D eigenvalue weighted by atomic mass is 16.5. The molecule has 2 amide bonds. The average molecular weight is 440 g/mol. The zero-order valence-corrected chi connectivity index (χ0v) is 18.5. The molecule has 2 N–H and O–H groups in total. The Morgan fingerprint density at radius 2 is 1.53 bits per heavy atom. The fourth-order valence-corrected chi connectivity index (χ4v) is 2.96. The van der Waals surface area contributed by atoms with Gasteiger partial charge in [0.2, 0.25) is 0 Å². The minimum atomic E-state index is -0.979. The van der Waals surface area contributed by atoms with Crippen molar-refractivity contribution in [2.45, 2.75) is 39.7 Å². The lowest BCUT2D eigenvalue weighted by molar-refractivity contribution is -0.146. The summed E-state index contributed by atoms with van der Waals surface area (Å²) in [4.78, 5) is 48.8. The second kappa shape index (κ2) is 12.2. The zero-order valence-electron chi connectivity index (χ0n) is 18.5. The third kappa shape index (κ3) is 7.23. The number of aryl methyl sites for hydroxylation is 1. The molecule has 8 nitrogen and oxygen atoms in total. The number of amides is 2. The highest BCUT2D eigenvalue weighted by molar-refractivity contribution is 6.05. The first-order valence-electron chi connectivity index (χ1n) is 10.5. The molecule has 0 heterocycles. The number of benzene rings is 2. The lowest BCUT2D eigenvalue weighted by Gasteiger charge is -2.17. The molecule has 0 aromatic heterocycles. The van der Waals surface area contributed by atoms with Crippen molar-refractivity contribution < 1.29 is 28.7 Å². The Morgan fingerprint density at radius 3 is 2.16 bits per heavy atom. The van der Waals surface area contributed by atoms with E-state index in [1.54, 1.807) is 38.1 Å². The first-order valence-corrected chi connectivity index (χ1v) is 10.5. The van der Waals surface area contributed by atoms with E-state index in [0.29, 0.717) is 16.8 Å². The maximum atomic E-state index is 12.6. The summed E-state index contributed by atoms with van der Waals surface area (Å²) in [6.07, 6.45) is 0.0372. The van der Waals surface area contributed by atoms with Gasteiger partial charge in [-0.05, 0) is 63.1 Å². The normalized spacial score (nSPS) is 11.2. The third-order valence-corrected chi connectivity index (χ3v) is 4.61. The Labute approximate surface area is 187 Å². The van der Waals surface area contributed by atoms with Crippen LogP contribution in [0.25, 0.3) is 0 Å². The van der Waals surface area contributed by atoms with E-state index in [-0.39, 0.29) is 32.0 Å². The molecule has 2 aromatic carbocycles. The highest BCUT2D eigenvalue weighted by Gasteiger charge is 2.24. The number of hydrogen-bond donors (Lipinski definition) is 2. The van der Waals surface area contributed by atoms with Gasteiger partial charge in [-0.3, -0.25) is 14.4 Å². The Morgan fingerprint density at radius 1 is 0.875 bits per heavy atom. The van der Waals surface area contributed by atoms with Gasteiger partial charge in [-0.15, -0.1) is 0 Å². The summed E-state index contributed by atoms with van der Waals surface area (Å²) in [7, 11) is 0. The number of anilines is 1. The molecule has 1 atom stereocenters. The largest absolute Gasteiger partial charge is 0.466 e. The monoisotopic (exact) mass is 440 g/mol. The van der Waals surface area contributed by atoms with Crippen LogP contribution < -0.4 is 10.6 Å². The van der Waals surface area contributed by atoms with E-state index >= 15 is 0 Å². The molecule has 0 aliphatic rings. The third-order valence-electron chi connectivity index (χ3n) is 4.61. The summed E-state index contributed by atoms with van der Waals surface area (Å²) in [6, 6.07) is 12.5. The van der Waals surface area contributed by atoms with Crippen molar-refractivity contribution in [1.29, 1.82) is 0 Å². The van der Waals surface area contributed by atoms with E-state index in [2.05, 4.69) is 10.6 Å². The average Bonchev–Trinajstić information content (AvgIpc) is 2.77. The van der Waals surface area contributed by atoms with Gasteiger partial charge >= 0.3 is 11.9 Å². The fraction of sp³-hybridized carbons (Fsp3) is 0.333. The van der Waals surface area contributed by atoms with Crippen molar-refractivity contribution in [3.05, 3.63) is 65.2 Å². The van der Waals surface area contributed by atoms with E-state index in [4.69, 9.17) is 9.47 Å². The molecule has 32 heavy (non-hydrogen) atoms. The lowest BCUT2D eigenvalue weighted by Crippen LogP contribution is -2.42. The Balaban J connectivity index is 2.02. The molecule has 1 unspecified atom stereocenters. The number of carbonyl (C=O) groups excluding carboxylic acids is 4. The van der Waals surface area contributed by atoms with E-state index in [0.717, 1.165) is 5.56 Å². The van der Waals surface area contributed by atoms with Crippen molar-refractivity contribution in [2.75, 3.05) is 18.5 Å². The predicted molar refractivity (Wildman–Crippen MR) is 119 cm³/mol. The molecule has 0 saturated heterocycles. The highest BCUT2D eigenvalue weighted by Crippen LogP contribution is 2.14. The van der Waals surface area contributed by atoms with Crippen LogP contribution >= 0.6 is 0 Å². The van der Waals surface area contributed by atoms with Gasteiger partial charge in [0.15, 0.2) is 0 Å². The van der Waals surface area contributed by atoms with E-state index in [9.17, 15) is 19.2 Å². The van der Waals surface area contributed by atoms with Gasteiger partial charge in [-0.1, -0.05) is 18.2 Å². The molecule has 0 saturated carbocycles. The van der Waals surface area contributed by atoms with Crippen LogP contribution in [0.4, 0.5) is 5.69 Å². The van der Waals surface area contributed by atoms with Crippen molar-refractivity contribution in [3.63, 3.8) is 0 Å². The molecule has 0 aliphatic carbocycles. The molecule has 0 bridgehead atoms. The summed E-state index contributed by atoms with van der Waals surface area (Å²) in [5, 5.41) is 5.39. The SMILES string of the molecule is CCOC(=O)CCC(NC(=O)c1ccc(NC(=O)c2ccccc2C)cc1)C(=O)OCC. The van der Waals surface area contributed by atoms with Crippen LogP contribution in [0.1, 0.15) is 53.0 Å². The number of hydrogen-bond acceptors (Lipinski definition) is 6. The summed E-state index contributed by atoms with van der Waals surface area (Å²) in [5.41, 5.74) is 2.24. The second-order valence-electron chi connectivity index (χ2n) is 6.97. The molecule has 0 spiro atoms. The van der Waals surface area contributed by atoms with E-state index in [1.807, 2.05) is 19.1 Å². The van der Waals surface area contributed by atoms with Gasteiger partial charge in [0, 0.05) is 23.2 Å². The molecule has 8 heteroatoms. The second-order valence-corrected chi connectivity index (χ2v) is 6.97. The van der Waals surface area contributed by atoms with Crippen molar-refractivity contribution in [1.82, 2.24) is 5.32 Å². The Hall–Kier alpha value is -3.68. The van der Waals surface area contributed by atoms with Gasteiger partial charge in [0.05, 0.1) is 13.2 Å². The molecular formula is C24H28N2O6. The van der Waals surface area contributed by atoms with Gasteiger partial charge in [0.1, 0.15) is 6.04 Å². The smallest absolute Gasteiger partial charge is 0.328 e. The summed E-state index contributed by atoms with van der Waals surface area (Å²) in [6.45, 7) is 5.59. The van der Waals surface area contributed by atoms with Crippen LogP contribution in [-0.2, 0) is 19.1 Å². The minimum absolute atomic E-state index is 0.0263. The van der Waals surface area contributed by atoms with Crippen LogP contribution in [0.2, 0.25) is 0 Å². The molecule has 0 radical (unpaired) electrons. The standard InChI is InChI=1S/C24H28N2O6/c1-4-31-21(27)15-14-20(24(30)32-5-2)26-22(28)17-10-12-18(13-11-17)25-23(29)19-9-7-6-8-16(19)3/h6-13,20H,4-5,14-15H2,1-3H3,(H,25,29)(H,26,28). The van der Waals surface area contributed by atoms with Gasteiger partial charge in [0.25, 0.3) is 11.8 Å². The number of rotatable bonds is 10. The van der Waals surface area contributed by atoms with Crippen molar-refractivity contribution in [2.24, 2.45) is 0 Å². The molecule has 0 aliphatic heterocycles. The fourth-order valence-electron chi connectivity index (χ4n) is 2.96. The van der Waals surface area contributed by atoms with Crippen LogP contribution in [0, 0.1) is 6.92 Å².